The average Bonchev–Trinajstić information content (AvgIpc) is 2.93. The second kappa shape index (κ2) is 6.47. The molecule has 0 saturated carbocycles. The van der Waals surface area contributed by atoms with Crippen molar-refractivity contribution in [3.8, 4) is 11.5 Å². The van der Waals surface area contributed by atoms with Gasteiger partial charge in [0.15, 0.2) is 0 Å². The lowest BCUT2D eigenvalue weighted by atomic mass is 10.2. The van der Waals surface area contributed by atoms with Gasteiger partial charge in [-0.25, -0.2) is 4.98 Å². The zero-order valence-electron chi connectivity index (χ0n) is 14.2. The van der Waals surface area contributed by atoms with Gasteiger partial charge >= 0.3 is 11.8 Å². The molecule has 0 spiro atoms. The van der Waals surface area contributed by atoms with Gasteiger partial charge in [0.25, 0.3) is 0 Å². The lowest BCUT2D eigenvalue weighted by molar-refractivity contribution is -0.157. The van der Waals surface area contributed by atoms with E-state index in [0.717, 1.165) is 5.56 Å². The highest BCUT2D eigenvalue weighted by molar-refractivity contribution is 6.35. The molecule has 1 fully saturated rings. The molecule has 2 aromatic rings. The Balaban J connectivity index is 1.76. The highest BCUT2D eigenvalue weighted by atomic mass is 16.4. The molecule has 1 aliphatic heterocycles. The first kappa shape index (κ1) is 16.2. The summed E-state index contributed by atoms with van der Waals surface area (Å²) < 4.78 is 5.72. The molecule has 0 unspecified atom stereocenters. The average molecular weight is 327 g/mol. The minimum atomic E-state index is -0.474. The van der Waals surface area contributed by atoms with Gasteiger partial charge in [0.1, 0.15) is 11.5 Å². The zero-order valence-corrected chi connectivity index (χ0v) is 14.2. The first-order valence-electron chi connectivity index (χ1n) is 8.09. The third-order valence-electron chi connectivity index (χ3n) is 4.22. The van der Waals surface area contributed by atoms with E-state index in [1.54, 1.807) is 9.80 Å². The number of nitrogens with zero attached hydrogens (tertiary/aromatic N) is 3. The fourth-order valence-corrected chi connectivity index (χ4v) is 2.79. The molecule has 24 heavy (non-hydrogen) atoms. The smallest absolute Gasteiger partial charge is 0.312 e. The summed E-state index contributed by atoms with van der Waals surface area (Å²) in [6.07, 6.45) is 0. The van der Waals surface area contributed by atoms with Gasteiger partial charge in [-0.15, -0.1) is 0 Å². The molecule has 0 aliphatic carbocycles. The number of aryl methyl sites for hydroxylation is 1. The van der Waals surface area contributed by atoms with Crippen LogP contribution in [-0.2, 0) is 16.1 Å². The van der Waals surface area contributed by atoms with E-state index in [9.17, 15) is 9.59 Å². The summed E-state index contributed by atoms with van der Waals surface area (Å²) >= 11 is 0. The summed E-state index contributed by atoms with van der Waals surface area (Å²) in [4.78, 5) is 32.1. The number of aromatic nitrogens is 1. The molecule has 0 atom stereocenters. The summed E-state index contributed by atoms with van der Waals surface area (Å²) in [6, 6.07) is 9.64. The van der Waals surface area contributed by atoms with E-state index in [1.165, 1.54) is 0 Å². The van der Waals surface area contributed by atoms with Gasteiger partial charge in [-0.2, -0.15) is 0 Å². The monoisotopic (exact) mass is 327 g/mol. The first-order valence-corrected chi connectivity index (χ1v) is 8.09. The van der Waals surface area contributed by atoms with E-state index < -0.39 is 11.8 Å². The second-order valence-corrected chi connectivity index (χ2v) is 6.21. The third kappa shape index (κ3) is 3.04. The van der Waals surface area contributed by atoms with Crippen molar-refractivity contribution in [3.05, 3.63) is 41.8 Å². The van der Waals surface area contributed by atoms with Crippen LogP contribution in [0.15, 0.2) is 34.7 Å². The van der Waals surface area contributed by atoms with Crippen LogP contribution in [0.5, 0.6) is 0 Å². The molecule has 1 saturated heterocycles. The molecule has 2 amide bonds. The Morgan fingerprint density at radius 1 is 1.12 bits per heavy atom. The molecule has 2 heterocycles. The van der Waals surface area contributed by atoms with Crippen molar-refractivity contribution in [2.75, 3.05) is 13.1 Å². The minimum absolute atomic E-state index is 0.0297. The molecular weight excluding hydrogens is 306 g/mol. The molecule has 6 nitrogen and oxygen atoms in total. The van der Waals surface area contributed by atoms with Gasteiger partial charge in [0, 0.05) is 24.7 Å². The molecule has 0 N–H and O–H groups in total. The predicted octanol–water partition coefficient (Wildman–Crippen LogP) is 2.23. The molecule has 126 valence electrons. The molecular formula is C18H21N3O3. The Kier molecular flexibility index (Phi) is 4.38. The number of hydrogen-bond acceptors (Lipinski definition) is 4. The number of amides is 2. The van der Waals surface area contributed by atoms with Crippen LogP contribution in [0.2, 0.25) is 0 Å². The number of benzene rings is 1. The molecule has 1 aromatic carbocycles. The van der Waals surface area contributed by atoms with Crippen molar-refractivity contribution in [1.82, 2.24) is 14.8 Å². The van der Waals surface area contributed by atoms with Crippen molar-refractivity contribution in [2.45, 2.75) is 33.4 Å². The first-order chi connectivity index (χ1) is 11.5. The van der Waals surface area contributed by atoms with Crippen molar-refractivity contribution in [1.29, 1.82) is 0 Å². The largest absolute Gasteiger partial charge is 0.441 e. The summed E-state index contributed by atoms with van der Waals surface area (Å²) in [7, 11) is 0. The Hall–Kier alpha value is -2.63. The van der Waals surface area contributed by atoms with E-state index in [1.807, 2.05) is 51.1 Å². The minimum Gasteiger partial charge on any atom is -0.441 e. The second-order valence-electron chi connectivity index (χ2n) is 6.21. The molecule has 3 rings (SSSR count). The maximum absolute atomic E-state index is 12.3. The predicted molar refractivity (Wildman–Crippen MR) is 88.9 cm³/mol. The molecule has 0 radical (unpaired) electrons. The van der Waals surface area contributed by atoms with Crippen LogP contribution in [0, 0.1) is 6.92 Å². The van der Waals surface area contributed by atoms with E-state index in [2.05, 4.69) is 4.98 Å². The number of carbonyl (C=O) groups excluding carboxylic acids is 2. The van der Waals surface area contributed by atoms with Crippen molar-refractivity contribution in [3.63, 3.8) is 0 Å². The fraction of sp³-hybridized carbons (Fsp3) is 0.389. The van der Waals surface area contributed by atoms with Gasteiger partial charge < -0.3 is 14.2 Å². The van der Waals surface area contributed by atoms with Crippen molar-refractivity contribution >= 4 is 11.8 Å². The highest BCUT2D eigenvalue weighted by Gasteiger charge is 2.34. The maximum atomic E-state index is 12.3. The lowest BCUT2D eigenvalue weighted by Gasteiger charge is -2.35. The van der Waals surface area contributed by atoms with Crippen LogP contribution < -0.4 is 0 Å². The number of rotatable bonds is 4. The highest BCUT2D eigenvalue weighted by Crippen LogP contribution is 2.23. The Bertz CT molecular complexity index is 752. The summed E-state index contributed by atoms with van der Waals surface area (Å²) in [5.41, 5.74) is 1.58. The van der Waals surface area contributed by atoms with Gasteiger partial charge in [0.05, 0.1) is 6.54 Å². The Morgan fingerprint density at radius 2 is 1.83 bits per heavy atom. The van der Waals surface area contributed by atoms with Crippen LogP contribution in [0.25, 0.3) is 11.5 Å². The van der Waals surface area contributed by atoms with Gasteiger partial charge in [-0.05, 0) is 32.9 Å². The summed E-state index contributed by atoms with van der Waals surface area (Å²) in [6.45, 7) is 6.99. The molecule has 6 heteroatoms. The Morgan fingerprint density at radius 3 is 2.50 bits per heavy atom. The number of carbonyl (C=O) groups is 2. The standard InChI is InChI=1S/C18H21N3O3/c1-12(2)21-10-9-20(17(22)18(21)23)11-15-13(3)24-16(19-15)14-7-5-4-6-8-14/h4-8,12H,9-11H2,1-3H3. The van der Waals surface area contributed by atoms with Crippen molar-refractivity contribution in [2.24, 2.45) is 0 Å². The topological polar surface area (TPSA) is 66.7 Å². The fourth-order valence-electron chi connectivity index (χ4n) is 2.79. The van der Waals surface area contributed by atoms with E-state index in [4.69, 9.17) is 4.42 Å². The van der Waals surface area contributed by atoms with E-state index in [-0.39, 0.29) is 6.04 Å². The SMILES string of the molecule is Cc1oc(-c2ccccc2)nc1CN1CCN(C(C)C)C(=O)C1=O. The van der Waals surface area contributed by atoms with E-state index >= 15 is 0 Å². The van der Waals surface area contributed by atoms with Crippen LogP contribution in [-0.4, -0.2) is 45.7 Å². The van der Waals surface area contributed by atoms with Crippen molar-refractivity contribution < 1.29 is 14.0 Å². The number of oxazole rings is 1. The Labute approximate surface area is 141 Å². The molecule has 1 aromatic heterocycles. The van der Waals surface area contributed by atoms with Gasteiger partial charge in [0.2, 0.25) is 5.89 Å². The lowest BCUT2D eigenvalue weighted by Crippen LogP contribution is -2.55. The normalized spacial score (nSPS) is 15.5. The zero-order chi connectivity index (χ0) is 17.3. The third-order valence-corrected chi connectivity index (χ3v) is 4.22. The summed E-state index contributed by atoms with van der Waals surface area (Å²) in [5.74, 6) is 0.280. The number of piperazine rings is 1. The molecule has 0 bridgehead atoms. The summed E-state index contributed by atoms with van der Waals surface area (Å²) in [5, 5.41) is 0. The van der Waals surface area contributed by atoms with Crippen LogP contribution >= 0.6 is 0 Å². The molecule has 1 aliphatic rings. The van der Waals surface area contributed by atoms with E-state index in [0.29, 0.717) is 37.0 Å². The van der Waals surface area contributed by atoms with Crippen LogP contribution in [0.4, 0.5) is 0 Å². The maximum Gasteiger partial charge on any atom is 0.312 e. The van der Waals surface area contributed by atoms with Gasteiger partial charge in [-0.1, -0.05) is 18.2 Å². The van der Waals surface area contributed by atoms with Gasteiger partial charge in [-0.3, -0.25) is 9.59 Å². The van der Waals surface area contributed by atoms with Crippen LogP contribution in [0.1, 0.15) is 25.3 Å². The quantitative estimate of drug-likeness (QED) is 0.808. The van der Waals surface area contributed by atoms with Crippen LogP contribution in [0.3, 0.4) is 0 Å². The number of hydrogen-bond donors (Lipinski definition) is 0.